The lowest BCUT2D eigenvalue weighted by atomic mass is 10.1. The summed E-state index contributed by atoms with van der Waals surface area (Å²) >= 11 is 2.04. The molecule has 1 heterocycles. The van der Waals surface area contributed by atoms with Crippen molar-refractivity contribution >= 4 is 11.8 Å². The average molecular weight is 235 g/mol. The van der Waals surface area contributed by atoms with E-state index >= 15 is 0 Å². The van der Waals surface area contributed by atoms with Crippen LogP contribution in [0.2, 0.25) is 0 Å². The number of hydrogen-bond donors (Lipinski definition) is 1. The molecule has 0 saturated carbocycles. The molecule has 0 aromatic heterocycles. The monoisotopic (exact) mass is 235 g/mol. The molecular weight excluding hydrogens is 214 g/mol. The maximum Gasteiger partial charge on any atom is 0.0219 e. The van der Waals surface area contributed by atoms with Crippen molar-refractivity contribution in [2.24, 2.45) is 0 Å². The van der Waals surface area contributed by atoms with E-state index in [0.29, 0.717) is 0 Å². The van der Waals surface area contributed by atoms with Crippen LogP contribution in [-0.4, -0.2) is 18.3 Å². The molecule has 1 aromatic carbocycles. The third-order valence-electron chi connectivity index (χ3n) is 3.28. The van der Waals surface area contributed by atoms with Crippen LogP contribution in [0.3, 0.4) is 0 Å². The molecule has 1 fully saturated rings. The Hall–Kier alpha value is -0.470. The van der Waals surface area contributed by atoms with Gasteiger partial charge in [0.15, 0.2) is 0 Å². The summed E-state index contributed by atoms with van der Waals surface area (Å²) in [5.41, 5.74) is 2.80. The second kappa shape index (κ2) is 5.74. The molecule has 0 aliphatic carbocycles. The quantitative estimate of drug-likeness (QED) is 0.841. The minimum absolute atomic E-state index is 0.754. The minimum Gasteiger partial charge on any atom is -0.316 e. The molecule has 0 amide bonds. The van der Waals surface area contributed by atoms with Crippen LogP contribution in [0.25, 0.3) is 0 Å². The number of nitrogens with one attached hydrogen (secondary N) is 1. The van der Waals surface area contributed by atoms with E-state index in [4.69, 9.17) is 0 Å². The van der Waals surface area contributed by atoms with Crippen molar-refractivity contribution in [1.82, 2.24) is 5.32 Å². The summed E-state index contributed by atoms with van der Waals surface area (Å²) in [6, 6.07) is 6.82. The van der Waals surface area contributed by atoms with Crippen LogP contribution >= 0.6 is 11.8 Å². The summed E-state index contributed by atoms with van der Waals surface area (Å²) in [4.78, 5) is 1.43. The highest BCUT2D eigenvalue weighted by atomic mass is 32.2. The van der Waals surface area contributed by atoms with Gasteiger partial charge in [-0.15, -0.1) is 11.8 Å². The number of rotatable bonds is 2. The van der Waals surface area contributed by atoms with Gasteiger partial charge in [-0.05, 0) is 56.5 Å². The summed E-state index contributed by atoms with van der Waals surface area (Å²) in [5.74, 6) is 0. The molecule has 1 aliphatic heterocycles. The summed E-state index contributed by atoms with van der Waals surface area (Å²) in [6.45, 7) is 6.74. The lowest BCUT2D eigenvalue weighted by Crippen LogP contribution is -2.22. The van der Waals surface area contributed by atoms with E-state index in [0.717, 1.165) is 11.8 Å². The fraction of sp³-hybridized carbons (Fsp3) is 0.571. The second-order valence-corrected chi connectivity index (χ2v) is 6.06. The van der Waals surface area contributed by atoms with Gasteiger partial charge < -0.3 is 5.32 Å². The van der Waals surface area contributed by atoms with Crippen molar-refractivity contribution in [1.29, 1.82) is 0 Å². The number of hydrogen-bond acceptors (Lipinski definition) is 2. The third-order valence-corrected chi connectivity index (χ3v) is 4.54. The molecule has 1 saturated heterocycles. The number of thioether (sulfide) groups is 1. The van der Waals surface area contributed by atoms with Gasteiger partial charge in [-0.25, -0.2) is 0 Å². The van der Waals surface area contributed by atoms with E-state index in [-0.39, 0.29) is 0 Å². The highest BCUT2D eigenvalue weighted by Gasteiger charge is 2.13. The first-order valence-electron chi connectivity index (χ1n) is 6.20. The molecule has 88 valence electrons. The maximum atomic E-state index is 3.52. The van der Waals surface area contributed by atoms with E-state index in [1.807, 2.05) is 11.8 Å². The van der Waals surface area contributed by atoms with Gasteiger partial charge in [0.25, 0.3) is 0 Å². The topological polar surface area (TPSA) is 12.0 Å². The lowest BCUT2D eigenvalue weighted by molar-refractivity contribution is 0.706. The van der Waals surface area contributed by atoms with Crippen LogP contribution in [0.1, 0.15) is 30.4 Å². The van der Waals surface area contributed by atoms with Crippen LogP contribution in [0.4, 0.5) is 0 Å². The van der Waals surface area contributed by atoms with Gasteiger partial charge in [0.05, 0.1) is 0 Å². The normalized spacial score (nSPS) is 21.8. The highest BCUT2D eigenvalue weighted by Crippen LogP contribution is 2.28. The average Bonchev–Trinajstić information content (AvgIpc) is 2.52. The molecule has 1 nitrogen and oxygen atoms in total. The Kier molecular flexibility index (Phi) is 4.30. The van der Waals surface area contributed by atoms with Gasteiger partial charge in [0.2, 0.25) is 0 Å². The van der Waals surface area contributed by atoms with E-state index < -0.39 is 0 Å². The Morgan fingerprint density at radius 1 is 1.19 bits per heavy atom. The first kappa shape index (κ1) is 12.0. The summed E-state index contributed by atoms with van der Waals surface area (Å²) in [6.07, 6.45) is 4.06. The van der Waals surface area contributed by atoms with Crippen LogP contribution in [0.15, 0.2) is 23.1 Å². The first-order chi connectivity index (χ1) is 7.75. The molecule has 1 atom stereocenters. The van der Waals surface area contributed by atoms with Gasteiger partial charge in [0.1, 0.15) is 0 Å². The number of benzene rings is 1. The minimum atomic E-state index is 0.754. The Bertz CT molecular complexity index is 341. The molecule has 1 aromatic rings. The van der Waals surface area contributed by atoms with E-state index in [2.05, 4.69) is 37.4 Å². The molecule has 2 heteroatoms. The molecule has 0 bridgehead atoms. The van der Waals surface area contributed by atoms with Crippen molar-refractivity contribution in [3.05, 3.63) is 29.3 Å². The largest absolute Gasteiger partial charge is 0.316 e. The van der Waals surface area contributed by atoms with Crippen LogP contribution in [0.5, 0.6) is 0 Å². The molecule has 1 aliphatic rings. The molecule has 0 spiro atoms. The molecular formula is C14H21NS. The Morgan fingerprint density at radius 2 is 2.06 bits per heavy atom. The Balaban J connectivity index is 1.99. The van der Waals surface area contributed by atoms with Gasteiger partial charge in [-0.3, -0.25) is 0 Å². The fourth-order valence-electron chi connectivity index (χ4n) is 2.07. The smallest absolute Gasteiger partial charge is 0.0219 e. The summed E-state index contributed by atoms with van der Waals surface area (Å²) < 4.78 is 0. The lowest BCUT2D eigenvalue weighted by Gasteiger charge is -2.14. The maximum absolute atomic E-state index is 3.52. The fourth-order valence-corrected chi connectivity index (χ4v) is 3.33. The van der Waals surface area contributed by atoms with Crippen LogP contribution < -0.4 is 5.32 Å². The molecule has 16 heavy (non-hydrogen) atoms. The second-order valence-electron chi connectivity index (χ2n) is 4.69. The first-order valence-corrected chi connectivity index (χ1v) is 7.08. The predicted molar refractivity (Wildman–Crippen MR) is 72.3 cm³/mol. The van der Waals surface area contributed by atoms with Crippen molar-refractivity contribution in [3.63, 3.8) is 0 Å². The van der Waals surface area contributed by atoms with Gasteiger partial charge in [-0.1, -0.05) is 12.5 Å². The van der Waals surface area contributed by atoms with Gasteiger partial charge in [-0.2, -0.15) is 0 Å². The van der Waals surface area contributed by atoms with Gasteiger partial charge >= 0.3 is 0 Å². The van der Waals surface area contributed by atoms with Crippen molar-refractivity contribution in [2.45, 2.75) is 43.3 Å². The zero-order chi connectivity index (χ0) is 11.4. The molecule has 0 radical (unpaired) electrons. The molecule has 2 rings (SSSR count). The van der Waals surface area contributed by atoms with E-state index in [9.17, 15) is 0 Å². The Labute approximate surface area is 103 Å². The zero-order valence-corrected chi connectivity index (χ0v) is 11.1. The number of aryl methyl sites for hydroxylation is 2. The van der Waals surface area contributed by atoms with Crippen LogP contribution in [0, 0.1) is 13.8 Å². The summed E-state index contributed by atoms with van der Waals surface area (Å²) in [7, 11) is 0. The van der Waals surface area contributed by atoms with Crippen molar-refractivity contribution in [3.8, 4) is 0 Å². The molecule has 1 N–H and O–H groups in total. The van der Waals surface area contributed by atoms with E-state index in [1.165, 1.54) is 41.8 Å². The summed E-state index contributed by atoms with van der Waals surface area (Å²) in [5, 5.41) is 4.28. The molecule has 1 unspecified atom stereocenters. The van der Waals surface area contributed by atoms with Crippen molar-refractivity contribution in [2.75, 3.05) is 13.1 Å². The third kappa shape index (κ3) is 3.26. The van der Waals surface area contributed by atoms with Gasteiger partial charge in [0, 0.05) is 16.7 Å². The predicted octanol–water partition coefficient (Wildman–Crippen LogP) is 3.54. The van der Waals surface area contributed by atoms with E-state index in [1.54, 1.807) is 0 Å². The Morgan fingerprint density at radius 3 is 2.88 bits per heavy atom. The standard InChI is InChI=1S/C14H21NS/c1-11-6-7-13(9-12(11)2)16-14-5-3-4-8-15-10-14/h6-7,9,14-15H,3-5,8,10H2,1-2H3. The highest BCUT2D eigenvalue weighted by molar-refractivity contribution is 8.00. The SMILES string of the molecule is Cc1ccc(SC2CCCCNC2)cc1C. The van der Waals surface area contributed by atoms with Crippen LogP contribution in [-0.2, 0) is 0 Å². The zero-order valence-electron chi connectivity index (χ0n) is 10.3. The van der Waals surface area contributed by atoms with Crippen molar-refractivity contribution < 1.29 is 0 Å².